The molecule has 0 aromatic heterocycles. The van der Waals surface area contributed by atoms with Crippen molar-refractivity contribution in [3.05, 3.63) is 33.8 Å². The fourth-order valence-electron chi connectivity index (χ4n) is 2.39. The van der Waals surface area contributed by atoms with Gasteiger partial charge in [0, 0.05) is 19.3 Å². The second kappa shape index (κ2) is 6.73. The van der Waals surface area contributed by atoms with E-state index in [1.165, 1.54) is 0 Å². The van der Waals surface area contributed by atoms with Crippen molar-refractivity contribution in [1.82, 2.24) is 5.43 Å². The Bertz CT molecular complexity index is 395. The van der Waals surface area contributed by atoms with E-state index in [2.05, 4.69) is 5.43 Å². The summed E-state index contributed by atoms with van der Waals surface area (Å²) in [5.74, 6) is 6.28. The van der Waals surface area contributed by atoms with Crippen molar-refractivity contribution in [2.24, 2.45) is 11.8 Å². The van der Waals surface area contributed by atoms with Gasteiger partial charge in [0.2, 0.25) is 0 Å². The molecule has 1 aliphatic rings. The Labute approximate surface area is 118 Å². The monoisotopic (exact) mass is 288 g/mol. The summed E-state index contributed by atoms with van der Waals surface area (Å²) in [6.07, 6.45) is 3.12. The lowest BCUT2D eigenvalue weighted by molar-refractivity contribution is 0.0605. The minimum absolute atomic E-state index is 0.0410. The fraction of sp³-hybridized carbons (Fsp3) is 0.538. The van der Waals surface area contributed by atoms with Gasteiger partial charge in [-0.3, -0.25) is 11.3 Å². The molecule has 1 atom stereocenters. The van der Waals surface area contributed by atoms with Gasteiger partial charge in [0.15, 0.2) is 0 Å². The molecule has 3 N–H and O–H groups in total. The highest BCUT2D eigenvalue weighted by Gasteiger charge is 2.21. The average Bonchev–Trinajstić information content (AvgIpc) is 2.41. The van der Waals surface area contributed by atoms with E-state index in [9.17, 15) is 0 Å². The largest absolute Gasteiger partial charge is 0.381 e. The van der Waals surface area contributed by atoms with Crippen LogP contribution in [0.4, 0.5) is 0 Å². The molecule has 5 heteroatoms. The van der Waals surface area contributed by atoms with E-state index in [4.69, 9.17) is 33.8 Å². The zero-order chi connectivity index (χ0) is 13.0. The van der Waals surface area contributed by atoms with Crippen molar-refractivity contribution in [3.8, 4) is 0 Å². The van der Waals surface area contributed by atoms with Gasteiger partial charge >= 0.3 is 0 Å². The van der Waals surface area contributed by atoms with E-state index in [0.29, 0.717) is 16.0 Å². The van der Waals surface area contributed by atoms with Gasteiger partial charge in [-0.1, -0.05) is 35.3 Å². The molecule has 0 saturated carbocycles. The summed E-state index contributed by atoms with van der Waals surface area (Å²) in [7, 11) is 0. The molecule has 100 valence electrons. The summed E-state index contributed by atoms with van der Waals surface area (Å²) in [5, 5.41) is 1.16. The molecular formula is C13H18Cl2N2O. The molecule has 2 rings (SSSR count). The Morgan fingerprint density at radius 2 is 2.06 bits per heavy atom. The van der Waals surface area contributed by atoms with Crippen LogP contribution in [0.15, 0.2) is 18.2 Å². The summed E-state index contributed by atoms with van der Waals surface area (Å²) < 4.78 is 5.36. The predicted octanol–water partition coefficient (Wildman–Crippen LogP) is 3.31. The molecule has 0 bridgehead atoms. The van der Waals surface area contributed by atoms with Crippen molar-refractivity contribution in [2.75, 3.05) is 13.2 Å². The van der Waals surface area contributed by atoms with Crippen LogP contribution in [0.25, 0.3) is 0 Å². The highest BCUT2D eigenvalue weighted by molar-refractivity contribution is 6.42. The van der Waals surface area contributed by atoms with Crippen molar-refractivity contribution in [3.63, 3.8) is 0 Å². The molecule has 0 amide bonds. The number of rotatable bonds is 4. The maximum atomic E-state index is 6.23. The second-order valence-corrected chi connectivity index (χ2v) is 5.44. The number of halogens is 2. The third kappa shape index (κ3) is 3.37. The standard InChI is InChI=1S/C13H18Cl2N2O/c14-11-3-1-2-10(13(11)15)12(17-16)8-9-4-6-18-7-5-9/h1-3,9,12,17H,4-8,16H2. The highest BCUT2D eigenvalue weighted by Crippen LogP contribution is 2.34. The Morgan fingerprint density at radius 1 is 1.33 bits per heavy atom. The summed E-state index contributed by atoms with van der Waals surface area (Å²) in [4.78, 5) is 0. The van der Waals surface area contributed by atoms with E-state index in [0.717, 1.165) is 38.0 Å². The lowest BCUT2D eigenvalue weighted by atomic mass is 9.90. The Morgan fingerprint density at radius 3 is 2.72 bits per heavy atom. The molecule has 0 spiro atoms. The lowest BCUT2D eigenvalue weighted by Crippen LogP contribution is -2.31. The molecule has 18 heavy (non-hydrogen) atoms. The van der Waals surface area contributed by atoms with Crippen LogP contribution in [0.5, 0.6) is 0 Å². The maximum absolute atomic E-state index is 6.23. The second-order valence-electron chi connectivity index (χ2n) is 4.65. The molecule has 1 aromatic rings. The van der Waals surface area contributed by atoms with Crippen LogP contribution < -0.4 is 11.3 Å². The van der Waals surface area contributed by atoms with Gasteiger partial charge in [0.25, 0.3) is 0 Å². The first-order valence-electron chi connectivity index (χ1n) is 6.20. The first-order valence-corrected chi connectivity index (χ1v) is 6.95. The van der Waals surface area contributed by atoms with Gasteiger partial charge < -0.3 is 4.74 Å². The van der Waals surface area contributed by atoms with Crippen molar-refractivity contribution >= 4 is 23.2 Å². The highest BCUT2D eigenvalue weighted by atomic mass is 35.5. The summed E-state index contributed by atoms with van der Waals surface area (Å²) in [6, 6.07) is 5.70. The van der Waals surface area contributed by atoms with E-state index >= 15 is 0 Å². The minimum Gasteiger partial charge on any atom is -0.381 e. The molecule has 1 heterocycles. The topological polar surface area (TPSA) is 47.3 Å². The van der Waals surface area contributed by atoms with E-state index < -0.39 is 0 Å². The van der Waals surface area contributed by atoms with Crippen LogP contribution in [0.3, 0.4) is 0 Å². The number of nitrogens with two attached hydrogens (primary N) is 1. The normalized spacial score (nSPS) is 18.8. The zero-order valence-electron chi connectivity index (χ0n) is 10.2. The average molecular weight is 289 g/mol. The number of nitrogens with one attached hydrogen (secondary N) is 1. The molecule has 1 unspecified atom stereocenters. The molecule has 0 aliphatic carbocycles. The summed E-state index contributed by atoms with van der Waals surface area (Å²) in [5.41, 5.74) is 3.82. The third-order valence-corrected chi connectivity index (χ3v) is 4.30. The number of ether oxygens (including phenoxy) is 1. The summed E-state index contributed by atoms with van der Waals surface area (Å²) >= 11 is 12.3. The Balaban J connectivity index is 2.09. The van der Waals surface area contributed by atoms with E-state index in [1.54, 1.807) is 6.07 Å². The van der Waals surface area contributed by atoms with E-state index in [-0.39, 0.29) is 6.04 Å². The van der Waals surface area contributed by atoms with Crippen LogP contribution in [-0.4, -0.2) is 13.2 Å². The summed E-state index contributed by atoms with van der Waals surface area (Å²) in [6.45, 7) is 1.68. The fourth-order valence-corrected chi connectivity index (χ4v) is 2.83. The molecule has 0 radical (unpaired) electrons. The predicted molar refractivity (Wildman–Crippen MR) is 74.7 cm³/mol. The maximum Gasteiger partial charge on any atom is 0.0640 e. The molecule has 1 aliphatic heterocycles. The number of hydrazine groups is 1. The Hall–Kier alpha value is -0.320. The van der Waals surface area contributed by atoms with E-state index in [1.807, 2.05) is 12.1 Å². The smallest absolute Gasteiger partial charge is 0.0640 e. The van der Waals surface area contributed by atoms with Crippen molar-refractivity contribution < 1.29 is 4.74 Å². The number of hydrogen-bond donors (Lipinski definition) is 2. The first-order chi connectivity index (χ1) is 8.72. The lowest BCUT2D eigenvalue weighted by Gasteiger charge is -2.27. The van der Waals surface area contributed by atoms with Crippen molar-refractivity contribution in [2.45, 2.75) is 25.3 Å². The third-order valence-electron chi connectivity index (χ3n) is 3.47. The van der Waals surface area contributed by atoms with Crippen LogP contribution in [-0.2, 0) is 4.74 Å². The zero-order valence-corrected chi connectivity index (χ0v) is 11.7. The minimum atomic E-state index is 0.0410. The SMILES string of the molecule is NNC(CC1CCOCC1)c1cccc(Cl)c1Cl. The van der Waals surface area contributed by atoms with Gasteiger partial charge in [0.1, 0.15) is 0 Å². The van der Waals surface area contributed by atoms with Crippen molar-refractivity contribution in [1.29, 1.82) is 0 Å². The molecular weight excluding hydrogens is 271 g/mol. The molecule has 1 fully saturated rings. The first kappa shape index (κ1) is 14.1. The number of hydrogen-bond acceptors (Lipinski definition) is 3. The molecule has 1 saturated heterocycles. The van der Waals surface area contributed by atoms with Crippen LogP contribution >= 0.6 is 23.2 Å². The van der Waals surface area contributed by atoms with Gasteiger partial charge in [-0.05, 0) is 36.8 Å². The van der Waals surface area contributed by atoms with Gasteiger partial charge in [0.05, 0.1) is 10.0 Å². The number of benzene rings is 1. The Kier molecular flexibility index (Phi) is 5.27. The quantitative estimate of drug-likeness (QED) is 0.660. The molecule has 3 nitrogen and oxygen atoms in total. The molecule has 1 aromatic carbocycles. The van der Waals surface area contributed by atoms with Gasteiger partial charge in [-0.25, -0.2) is 0 Å². The van der Waals surface area contributed by atoms with Gasteiger partial charge in [-0.2, -0.15) is 0 Å². The van der Waals surface area contributed by atoms with Crippen LogP contribution in [0, 0.1) is 5.92 Å². The van der Waals surface area contributed by atoms with Crippen LogP contribution in [0.2, 0.25) is 10.0 Å². The van der Waals surface area contributed by atoms with Crippen LogP contribution in [0.1, 0.15) is 30.9 Å². The van der Waals surface area contributed by atoms with Gasteiger partial charge in [-0.15, -0.1) is 0 Å².